The second-order valence-electron chi connectivity index (χ2n) is 4.83. The summed E-state index contributed by atoms with van der Waals surface area (Å²) in [5, 5.41) is 2.11. The van der Waals surface area contributed by atoms with Crippen LogP contribution in [0.5, 0.6) is 0 Å². The monoisotopic (exact) mass is 235 g/mol. The van der Waals surface area contributed by atoms with Crippen LogP contribution in [-0.2, 0) is 4.79 Å². The highest BCUT2D eigenvalue weighted by atomic mass is 32.1. The van der Waals surface area contributed by atoms with Crippen LogP contribution in [0.4, 0.5) is 0 Å². The highest BCUT2D eigenvalue weighted by Gasteiger charge is 2.36. The van der Waals surface area contributed by atoms with E-state index in [9.17, 15) is 4.79 Å². The van der Waals surface area contributed by atoms with Crippen LogP contribution in [0, 0.1) is 5.92 Å². The lowest BCUT2D eigenvalue weighted by Crippen LogP contribution is -2.38. The lowest BCUT2D eigenvalue weighted by molar-refractivity contribution is -0.139. The Labute approximate surface area is 100 Å². The Morgan fingerprint density at radius 2 is 2.19 bits per heavy atom. The third-order valence-corrected chi connectivity index (χ3v) is 4.84. The summed E-state index contributed by atoms with van der Waals surface area (Å²) < 4.78 is 0. The average molecular weight is 235 g/mol. The van der Waals surface area contributed by atoms with Gasteiger partial charge < -0.3 is 4.90 Å². The Hall–Kier alpha value is -0.830. The molecular weight excluding hydrogens is 218 g/mol. The van der Waals surface area contributed by atoms with E-state index in [2.05, 4.69) is 22.4 Å². The van der Waals surface area contributed by atoms with Gasteiger partial charge >= 0.3 is 0 Å². The molecule has 1 aromatic rings. The third kappa shape index (κ3) is 1.67. The minimum absolute atomic E-state index is 0.348. The summed E-state index contributed by atoms with van der Waals surface area (Å²) in [4.78, 5) is 15.8. The van der Waals surface area contributed by atoms with Crippen molar-refractivity contribution in [2.24, 2.45) is 5.92 Å². The van der Waals surface area contributed by atoms with Gasteiger partial charge in [0.15, 0.2) is 0 Å². The molecule has 0 N–H and O–H groups in total. The fraction of sp³-hybridized carbons (Fsp3) is 0.615. The second kappa shape index (κ2) is 4.21. The molecule has 1 aliphatic heterocycles. The van der Waals surface area contributed by atoms with E-state index in [4.69, 9.17) is 0 Å². The van der Waals surface area contributed by atoms with Crippen molar-refractivity contribution in [3.8, 4) is 0 Å². The van der Waals surface area contributed by atoms with E-state index in [1.54, 1.807) is 11.3 Å². The maximum atomic E-state index is 12.3. The zero-order chi connectivity index (χ0) is 11.0. The van der Waals surface area contributed by atoms with Crippen molar-refractivity contribution in [1.29, 1.82) is 0 Å². The highest BCUT2D eigenvalue weighted by molar-refractivity contribution is 7.10. The number of carbonyl (C=O) groups is 1. The van der Waals surface area contributed by atoms with Crippen molar-refractivity contribution in [3.05, 3.63) is 22.4 Å². The average Bonchev–Trinajstić information content (AvgIpc) is 2.85. The molecule has 1 saturated carbocycles. The predicted octanol–water partition coefficient (Wildman–Crippen LogP) is 3.21. The van der Waals surface area contributed by atoms with Crippen molar-refractivity contribution in [2.75, 3.05) is 6.54 Å². The molecule has 2 aliphatic rings. The molecular formula is C13H17NOS. The molecule has 1 atom stereocenters. The van der Waals surface area contributed by atoms with Gasteiger partial charge in [0.25, 0.3) is 0 Å². The number of carbonyl (C=O) groups excluding carboxylic acids is 1. The van der Waals surface area contributed by atoms with E-state index in [1.807, 2.05) is 0 Å². The zero-order valence-corrected chi connectivity index (χ0v) is 10.2. The lowest BCUT2D eigenvalue weighted by atomic mass is 9.84. The summed E-state index contributed by atoms with van der Waals surface area (Å²) in [5.74, 6) is 0.766. The van der Waals surface area contributed by atoms with Gasteiger partial charge in [-0.15, -0.1) is 11.3 Å². The largest absolute Gasteiger partial charge is 0.335 e. The molecule has 2 nitrogen and oxygen atoms in total. The van der Waals surface area contributed by atoms with Crippen LogP contribution in [0.2, 0.25) is 0 Å². The number of amides is 1. The molecule has 1 amide bonds. The molecule has 0 spiro atoms. The van der Waals surface area contributed by atoms with E-state index < -0.39 is 0 Å². The summed E-state index contributed by atoms with van der Waals surface area (Å²) in [7, 11) is 0. The van der Waals surface area contributed by atoms with Crippen LogP contribution < -0.4 is 0 Å². The van der Waals surface area contributed by atoms with E-state index in [-0.39, 0.29) is 0 Å². The van der Waals surface area contributed by atoms with Crippen LogP contribution in [-0.4, -0.2) is 17.4 Å². The minimum Gasteiger partial charge on any atom is -0.335 e. The molecule has 0 aromatic carbocycles. The van der Waals surface area contributed by atoms with Crippen molar-refractivity contribution in [1.82, 2.24) is 4.90 Å². The van der Waals surface area contributed by atoms with Crippen LogP contribution >= 0.6 is 11.3 Å². The Morgan fingerprint density at radius 3 is 2.81 bits per heavy atom. The topological polar surface area (TPSA) is 20.3 Å². The first-order chi connectivity index (χ1) is 7.86. The summed E-state index contributed by atoms with van der Waals surface area (Å²) >= 11 is 1.78. The molecule has 2 heterocycles. The van der Waals surface area contributed by atoms with Crippen molar-refractivity contribution in [2.45, 2.75) is 38.1 Å². The van der Waals surface area contributed by atoms with Gasteiger partial charge in [0.05, 0.1) is 6.04 Å². The third-order valence-electron chi connectivity index (χ3n) is 3.86. The molecule has 16 heavy (non-hydrogen) atoms. The summed E-state index contributed by atoms with van der Waals surface area (Å²) in [6.07, 6.45) is 5.80. The van der Waals surface area contributed by atoms with Gasteiger partial charge in [-0.25, -0.2) is 0 Å². The van der Waals surface area contributed by atoms with E-state index >= 15 is 0 Å². The Morgan fingerprint density at radius 1 is 1.31 bits per heavy atom. The molecule has 1 aromatic heterocycles. The minimum atomic E-state index is 0.348. The number of likely N-dealkylation sites (tertiary alicyclic amines) is 1. The van der Waals surface area contributed by atoms with Crippen molar-refractivity contribution < 1.29 is 4.79 Å². The normalized spacial score (nSPS) is 25.8. The van der Waals surface area contributed by atoms with Gasteiger partial charge in [0.2, 0.25) is 5.91 Å². The second-order valence-corrected chi connectivity index (χ2v) is 5.81. The quantitative estimate of drug-likeness (QED) is 0.770. The van der Waals surface area contributed by atoms with E-state index in [0.717, 1.165) is 25.8 Å². The van der Waals surface area contributed by atoms with E-state index in [1.165, 1.54) is 17.7 Å². The molecule has 3 heteroatoms. The van der Waals surface area contributed by atoms with Gasteiger partial charge in [-0.05, 0) is 37.1 Å². The van der Waals surface area contributed by atoms with E-state index in [0.29, 0.717) is 17.9 Å². The fourth-order valence-corrected chi connectivity index (χ4v) is 3.57. The van der Waals surface area contributed by atoms with Gasteiger partial charge in [0, 0.05) is 17.3 Å². The standard InChI is InChI=1S/C13H17NOS/c15-13(10-4-1-5-10)14-8-2-6-11(14)12-7-3-9-16-12/h3,7,9-11H,1-2,4-6,8H2. The summed E-state index contributed by atoms with van der Waals surface area (Å²) in [6, 6.07) is 4.64. The number of hydrogen-bond acceptors (Lipinski definition) is 2. The number of rotatable bonds is 2. The Kier molecular flexibility index (Phi) is 2.72. The molecule has 0 radical (unpaired) electrons. The smallest absolute Gasteiger partial charge is 0.226 e. The molecule has 2 fully saturated rings. The lowest BCUT2D eigenvalue weighted by Gasteiger charge is -2.32. The van der Waals surface area contributed by atoms with Gasteiger partial charge in [0.1, 0.15) is 0 Å². The van der Waals surface area contributed by atoms with Gasteiger partial charge in [-0.3, -0.25) is 4.79 Å². The fourth-order valence-electron chi connectivity index (χ4n) is 2.70. The maximum absolute atomic E-state index is 12.3. The molecule has 1 saturated heterocycles. The molecule has 0 bridgehead atoms. The van der Waals surface area contributed by atoms with Crippen LogP contribution in [0.1, 0.15) is 43.0 Å². The number of hydrogen-bond donors (Lipinski definition) is 0. The van der Waals surface area contributed by atoms with Gasteiger partial charge in [-0.2, -0.15) is 0 Å². The Bertz CT molecular complexity index is 369. The molecule has 3 rings (SSSR count). The first-order valence-corrected chi connectivity index (χ1v) is 7.08. The van der Waals surface area contributed by atoms with Crippen molar-refractivity contribution >= 4 is 17.2 Å². The maximum Gasteiger partial charge on any atom is 0.226 e. The Balaban J connectivity index is 1.76. The molecule has 1 aliphatic carbocycles. The van der Waals surface area contributed by atoms with Gasteiger partial charge in [-0.1, -0.05) is 12.5 Å². The van der Waals surface area contributed by atoms with Crippen molar-refractivity contribution in [3.63, 3.8) is 0 Å². The predicted molar refractivity (Wildman–Crippen MR) is 65.3 cm³/mol. The first kappa shape index (κ1) is 10.3. The molecule has 1 unspecified atom stereocenters. The summed E-state index contributed by atoms with van der Waals surface area (Å²) in [6.45, 7) is 0.970. The SMILES string of the molecule is O=C(C1CCC1)N1CCCC1c1cccs1. The number of thiophene rings is 1. The first-order valence-electron chi connectivity index (χ1n) is 6.20. The highest BCUT2D eigenvalue weighted by Crippen LogP contribution is 2.38. The number of nitrogens with zero attached hydrogens (tertiary/aromatic N) is 1. The van der Waals surface area contributed by atoms with Crippen LogP contribution in [0.15, 0.2) is 17.5 Å². The van der Waals surface area contributed by atoms with Crippen LogP contribution in [0.3, 0.4) is 0 Å². The summed E-state index contributed by atoms with van der Waals surface area (Å²) in [5.41, 5.74) is 0. The molecule has 86 valence electrons. The zero-order valence-electron chi connectivity index (χ0n) is 9.39. The van der Waals surface area contributed by atoms with Crippen LogP contribution in [0.25, 0.3) is 0 Å².